The molecule has 1 aromatic carbocycles. The van der Waals surface area contributed by atoms with E-state index in [0.717, 1.165) is 43.1 Å². The second kappa shape index (κ2) is 7.33. The number of anilines is 1. The molecule has 1 saturated heterocycles. The molecule has 2 heterocycles. The van der Waals surface area contributed by atoms with Crippen molar-refractivity contribution in [2.24, 2.45) is 7.05 Å². The number of urea groups is 1. The molecule has 3 rings (SSSR count). The van der Waals surface area contributed by atoms with Gasteiger partial charge >= 0.3 is 6.03 Å². The molecule has 1 aliphatic heterocycles. The SMILES string of the molecule is CCCOc1cccc(NC(=O)N2CCC[C@H]2c2nncn2C)c1. The molecule has 1 N–H and O–H groups in total. The molecule has 1 atom stereocenters. The lowest BCUT2D eigenvalue weighted by Gasteiger charge is -2.24. The molecule has 0 bridgehead atoms. The summed E-state index contributed by atoms with van der Waals surface area (Å²) in [5, 5.41) is 11.0. The van der Waals surface area contributed by atoms with Crippen LogP contribution in [0.4, 0.5) is 10.5 Å². The van der Waals surface area contributed by atoms with Gasteiger partial charge in [-0.25, -0.2) is 4.79 Å². The second-order valence-electron chi connectivity index (χ2n) is 5.96. The van der Waals surface area contributed by atoms with Crippen molar-refractivity contribution in [2.45, 2.75) is 32.2 Å². The van der Waals surface area contributed by atoms with E-state index in [1.165, 1.54) is 0 Å². The number of rotatable bonds is 5. The number of carbonyl (C=O) groups excluding carboxylic acids is 1. The summed E-state index contributed by atoms with van der Waals surface area (Å²) in [6.45, 7) is 3.44. The number of carbonyl (C=O) groups is 1. The molecule has 2 aromatic rings. The fourth-order valence-corrected chi connectivity index (χ4v) is 2.95. The summed E-state index contributed by atoms with van der Waals surface area (Å²) in [6, 6.07) is 7.34. The summed E-state index contributed by atoms with van der Waals surface area (Å²) in [4.78, 5) is 14.5. The number of ether oxygens (including phenoxy) is 1. The Kier molecular flexibility index (Phi) is 4.98. The van der Waals surface area contributed by atoms with Crippen molar-refractivity contribution in [1.82, 2.24) is 19.7 Å². The number of nitrogens with one attached hydrogen (secondary N) is 1. The van der Waals surface area contributed by atoms with Crippen molar-refractivity contribution < 1.29 is 9.53 Å². The molecule has 1 aromatic heterocycles. The van der Waals surface area contributed by atoms with Crippen LogP contribution in [0, 0.1) is 0 Å². The minimum absolute atomic E-state index is 0.0305. The Morgan fingerprint density at radius 3 is 3.08 bits per heavy atom. The first kappa shape index (κ1) is 16.3. The van der Waals surface area contributed by atoms with Gasteiger partial charge in [-0.05, 0) is 31.4 Å². The minimum Gasteiger partial charge on any atom is -0.494 e. The zero-order chi connectivity index (χ0) is 16.9. The van der Waals surface area contributed by atoms with Crippen LogP contribution >= 0.6 is 0 Å². The molecule has 2 amide bonds. The summed E-state index contributed by atoms with van der Waals surface area (Å²) in [5.74, 6) is 1.59. The number of benzene rings is 1. The van der Waals surface area contributed by atoms with Gasteiger partial charge in [0.1, 0.15) is 12.1 Å². The van der Waals surface area contributed by atoms with Crippen molar-refractivity contribution in [2.75, 3.05) is 18.5 Å². The van der Waals surface area contributed by atoms with E-state index in [9.17, 15) is 4.79 Å². The van der Waals surface area contributed by atoms with Crippen molar-refractivity contribution in [1.29, 1.82) is 0 Å². The fraction of sp³-hybridized carbons (Fsp3) is 0.471. The second-order valence-corrected chi connectivity index (χ2v) is 5.96. The van der Waals surface area contributed by atoms with Gasteiger partial charge in [-0.2, -0.15) is 0 Å². The lowest BCUT2D eigenvalue weighted by atomic mass is 10.2. The lowest BCUT2D eigenvalue weighted by molar-refractivity contribution is 0.204. The van der Waals surface area contributed by atoms with E-state index >= 15 is 0 Å². The lowest BCUT2D eigenvalue weighted by Crippen LogP contribution is -2.35. The van der Waals surface area contributed by atoms with Crippen LogP contribution in [0.1, 0.15) is 38.1 Å². The number of nitrogens with zero attached hydrogens (tertiary/aromatic N) is 4. The zero-order valence-electron chi connectivity index (χ0n) is 14.1. The quantitative estimate of drug-likeness (QED) is 0.915. The maximum absolute atomic E-state index is 12.7. The Bertz CT molecular complexity index is 700. The van der Waals surface area contributed by atoms with E-state index in [1.807, 2.05) is 40.8 Å². The smallest absolute Gasteiger partial charge is 0.322 e. The molecule has 128 valence electrons. The standard InChI is InChI=1S/C17H23N5O2/c1-3-10-24-14-7-4-6-13(11-14)19-17(23)22-9-5-8-15(22)16-20-18-12-21(16)2/h4,6-7,11-12,15H,3,5,8-10H2,1-2H3,(H,19,23)/t15-/m0/s1. The van der Waals surface area contributed by atoms with Crippen molar-refractivity contribution in [3.05, 3.63) is 36.4 Å². The topological polar surface area (TPSA) is 72.3 Å². The van der Waals surface area contributed by atoms with Crippen molar-refractivity contribution >= 4 is 11.7 Å². The van der Waals surface area contributed by atoms with E-state index in [4.69, 9.17) is 4.74 Å². The van der Waals surface area contributed by atoms with Gasteiger partial charge in [0.05, 0.1) is 12.6 Å². The highest BCUT2D eigenvalue weighted by Gasteiger charge is 2.32. The largest absolute Gasteiger partial charge is 0.494 e. The van der Waals surface area contributed by atoms with Crippen molar-refractivity contribution in [3.8, 4) is 5.75 Å². The number of amides is 2. The molecular weight excluding hydrogens is 306 g/mol. The van der Waals surface area contributed by atoms with Crippen LogP contribution in [0.15, 0.2) is 30.6 Å². The third-order valence-corrected chi connectivity index (χ3v) is 4.12. The summed E-state index contributed by atoms with van der Waals surface area (Å²) in [6.07, 6.45) is 4.48. The van der Waals surface area contributed by atoms with Crippen molar-refractivity contribution in [3.63, 3.8) is 0 Å². The summed E-state index contributed by atoms with van der Waals surface area (Å²) >= 11 is 0. The molecule has 0 unspecified atom stereocenters. The van der Waals surface area contributed by atoms with Crippen LogP contribution in [-0.2, 0) is 7.05 Å². The highest BCUT2D eigenvalue weighted by molar-refractivity contribution is 5.90. The predicted molar refractivity (Wildman–Crippen MR) is 90.9 cm³/mol. The average molecular weight is 329 g/mol. The third kappa shape index (κ3) is 3.50. The maximum Gasteiger partial charge on any atom is 0.322 e. The summed E-state index contributed by atoms with van der Waals surface area (Å²) in [5.41, 5.74) is 0.734. The summed E-state index contributed by atoms with van der Waals surface area (Å²) < 4.78 is 7.48. The Balaban J connectivity index is 1.69. The zero-order valence-corrected chi connectivity index (χ0v) is 14.1. The van der Waals surface area contributed by atoms with Gasteiger partial charge < -0.3 is 19.5 Å². The Morgan fingerprint density at radius 2 is 2.33 bits per heavy atom. The Morgan fingerprint density at radius 1 is 1.46 bits per heavy atom. The number of aromatic nitrogens is 3. The first-order valence-electron chi connectivity index (χ1n) is 8.33. The molecule has 0 radical (unpaired) electrons. The van der Waals surface area contributed by atoms with E-state index in [-0.39, 0.29) is 12.1 Å². The fourth-order valence-electron chi connectivity index (χ4n) is 2.95. The van der Waals surface area contributed by atoms with Crippen LogP contribution in [0.5, 0.6) is 5.75 Å². The van der Waals surface area contributed by atoms with Crippen LogP contribution < -0.4 is 10.1 Å². The molecule has 0 aliphatic carbocycles. The van der Waals surface area contributed by atoms with Gasteiger partial charge in [0.15, 0.2) is 5.82 Å². The number of hydrogen-bond acceptors (Lipinski definition) is 4. The molecule has 0 spiro atoms. The molecule has 1 aliphatic rings. The first-order chi connectivity index (χ1) is 11.7. The van der Waals surface area contributed by atoms with E-state index in [1.54, 1.807) is 6.33 Å². The van der Waals surface area contributed by atoms with Crippen LogP contribution in [0.25, 0.3) is 0 Å². The summed E-state index contributed by atoms with van der Waals surface area (Å²) in [7, 11) is 1.90. The van der Waals surface area contributed by atoms with E-state index in [2.05, 4.69) is 22.4 Å². The van der Waals surface area contributed by atoms with Gasteiger partial charge in [-0.3, -0.25) is 0 Å². The number of aryl methyl sites for hydroxylation is 1. The molecular formula is C17H23N5O2. The number of hydrogen-bond donors (Lipinski definition) is 1. The molecule has 0 saturated carbocycles. The Labute approximate surface area is 141 Å². The average Bonchev–Trinajstić information content (AvgIpc) is 3.21. The molecule has 24 heavy (non-hydrogen) atoms. The van der Waals surface area contributed by atoms with Gasteiger partial charge in [-0.1, -0.05) is 13.0 Å². The van der Waals surface area contributed by atoms with E-state index in [0.29, 0.717) is 6.61 Å². The van der Waals surface area contributed by atoms with Gasteiger partial charge in [-0.15, -0.1) is 10.2 Å². The highest BCUT2D eigenvalue weighted by atomic mass is 16.5. The van der Waals surface area contributed by atoms with Crippen LogP contribution in [-0.4, -0.2) is 38.8 Å². The first-order valence-corrected chi connectivity index (χ1v) is 8.33. The normalized spacial score (nSPS) is 17.1. The molecule has 1 fully saturated rings. The molecule has 7 heteroatoms. The third-order valence-electron chi connectivity index (χ3n) is 4.12. The van der Waals surface area contributed by atoms with Crippen LogP contribution in [0.2, 0.25) is 0 Å². The van der Waals surface area contributed by atoms with Crippen LogP contribution in [0.3, 0.4) is 0 Å². The van der Waals surface area contributed by atoms with Gasteiger partial charge in [0, 0.05) is 25.3 Å². The highest BCUT2D eigenvalue weighted by Crippen LogP contribution is 2.31. The minimum atomic E-state index is -0.117. The maximum atomic E-state index is 12.7. The number of likely N-dealkylation sites (tertiary alicyclic amines) is 1. The van der Waals surface area contributed by atoms with E-state index < -0.39 is 0 Å². The van der Waals surface area contributed by atoms with Gasteiger partial charge in [0.25, 0.3) is 0 Å². The Hall–Kier alpha value is -2.57. The monoisotopic (exact) mass is 329 g/mol. The molecule has 7 nitrogen and oxygen atoms in total. The van der Waals surface area contributed by atoms with Gasteiger partial charge in [0.2, 0.25) is 0 Å². The predicted octanol–water partition coefficient (Wildman–Crippen LogP) is 2.97.